The minimum Gasteiger partial charge on any atom is -0.329 e. The topological polar surface area (TPSA) is 38.0 Å². The fraction of sp³-hybridized carbons (Fsp3) is 0.714. The van der Waals surface area contributed by atoms with Crippen molar-refractivity contribution in [2.45, 2.75) is 45.1 Å². The lowest BCUT2D eigenvalue weighted by Gasteiger charge is -2.17. The van der Waals surface area contributed by atoms with Crippen molar-refractivity contribution in [3.05, 3.63) is 21.9 Å². The first-order valence-electron chi connectivity index (χ1n) is 6.54. The summed E-state index contributed by atoms with van der Waals surface area (Å²) in [6, 6.07) is 4.83. The van der Waals surface area contributed by atoms with E-state index in [-0.39, 0.29) is 5.41 Å². The van der Waals surface area contributed by atoms with Crippen molar-refractivity contribution in [1.82, 2.24) is 5.32 Å². The lowest BCUT2D eigenvalue weighted by atomic mass is 9.95. The second kappa shape index (κ2) is 5.09. The number of nitrogens with two attached hydrogens (primary N) is 1. The summed E-state index contributed by atoms with van der Waals surface area (Å²) in [5.74, 6) is 0.908. The van der Waals surface area contributed by atoms with Crippen LogP contribution in [0, 0.1) is 5.92 Å². The van der Waals surface area contributed by atoms with Crippen molar-refractivity contribution < 1.29 is 0 Å². The minimum atomic E-state index is 0.249. The monoisotopic (exact) mass is 252 g/mol. The first-order valence-corrected chi connectivity index (χ1v) is 7.36. The van der Waals surface area contributed by atoms with Crippen LogP contribution in [0.1, 0.15) is 49.4 Å². The van der Waals surface area contributed by atoms with Gasteiger partial charge >= 0.3 is 0 Å². The van der Waals surface area contributed by atoms with Gasteiger partial charge in [-0.2, -0.15) is 0 Å². The van der Waals surface area contributed by atoms with E-state index in [1.54, 1.807) is 0 Å². The zero-order valence-corrected chi connectivity index (χ0v) is 11.9. The number of hydrogen-bond acceptors (Lipinski definition) is 3. The van der Waals surface area contributed by atoms with Crippen LogP contribution >= 0.6 is 11.3 Å². The van der Waals surface area contributed by atoms with Gasteiger partial charge in [-0.15, -0.1) is 11.3 Å². The van der Waals surface area contributed by atoms with Crippen molar-refractivity contribution in [3.8, 4) is 0 Å². The SMILES string of the molecule is CC(C)(C)c1ccc(C(CN)NCC2CC2)s1. The van der Waals surface area contributed by atoms with Crippen LogP contribution in [0.5, 0.6) is 0 Å². The Morgan fingerprint density at radius 1 is 1.41 bits per heavy atom. The predicted molar refractivity (Wildman–Crippen MR) is 75.5 cm³/mol. The van der Waals surface area contributed by atoms with E-state index in [1.165, 1.54) is 22.6 Å². The molecule has 2 nitrogen and oxygen atoms in total. The largest absolute Gasteiger partial charge is 0.329 e. The Morgan fingerprint density at radius 3 is 2.59 bits per heavy atom. The molecule has 0 radical (unpaired) electrons. The van der Waals surface area contributed by atoms with Gasteiger partial charge in [0, 0.05) is 16.3 Å². The van der Waals surface area contributed by atoms with Crippen molar-refractivity contribution in [1.29, 1.82) is 0 Å². The maximum atomic E-state index is 5.87. The van der Waals surface area contributed by atoms with Gasteiger partial charge in [-0.3, -0.25) is 0 Å². The molecule has 0 amide bonds. The molecule has 1 aromatic heterocycles. The van der Waals surface area contributed by atoms with Crippen LogP contribution in [0.25, 0.3) is 0 Å². The molecule has 1 aliphatic rings. The third-order valence-corrected chi connectivity index (χ3v) is 4.92. The summed E-state index contributed by atoms with van der Waals surface area (Å²) >= 11 is 1.90. The highest BCUT2D eigenvalue weighted by Crippen LogP contribution is 2.33. The number of hydrogen-bond donors (Lipinski definition) is 2. The molecule has 3 heteroatoms. The lowest BCUT2D eigenvalue weighted by Crippen LogP contribution is -2.29. The highest BCUT2D eigenvalue weighted by atomic mass is 32.1. The van der Waals surface area contributed by atoms with Gasteiger partial charge in [0.05, 0.1) is 6.04 Å². The van der Waals surface area contributed by atoms with E-state index in [2.05, 4.69) is 38.2 Å². The molecule has 96 valence electrons. The third kappa shape index (κ3) is 3.54. The quantitative estimate of drug-likeness (QED) is 0.845. The maximum Gasteiger partial charge on any atom is 0.0539 e. The minimum absolute atomic E-state index is 0.249. The molecule has 1 heterocycles. The summed E-state index contributed by atoms with van der Waals surface area (Å²) in [4.78, 5) is 2.83. The molecule has 0 bridgehead atoms. The third-order valence-electron chi connectivity index (χ3n) is 3.29. The second-order valence-corrected chi connectivity index (χ2v) is 7.21. The number of nitrogens with one attached hydrogen (secondary N) is 1. The molecule has 1 fully saturated rings. The molecule has 3 N–H and O–H groups in total. The van der Waals surface area contributed by atoms with Crippen LogP contribution in [0.3, 0.4) is 0 Å². The van der Waals surface area contributed by atoms with Crippen molar-refractivity contribution in [2.75, 3.05) is 13.1 Å². The van der Waals surface area contributed by atoms with Gasteiger partial charge in [0.1, 0.15) is 0 Å². The average Bonchev–Trinajstić information content (AvgIpc) is 2.93. The van der Waals surface area contributed by atoms with E-state index in [4.69, 9.17) is 5.73 Å². The second-order valence-electron chi connectivity index (χ2n) is 6.09. The van der Waals surface area contributed by atoms with E-state index in [9.17, 15) is 0 Å². The fourth-order valence-corrected chi connectivity index (χ4v) is 3.03. The van der Waals surface area contributed by atoms with Gasteiger partial charge in [0.2, 0.25) is 0 Å². The Bertz CT molecular complexity index is 361. The van der Waals surface area contributed by atoms with Crippen LogP contribution in [-0.4, -0.2) is 13.1 Å². The first-order chi connectivity index (χ1) is 8.00. The zero-order valence-electron chi connectivity index (χ0n) is 11.1. The molecule has 0 saturated heterocycles. The Kier molecular flexibility index (Phi) is 3.91. The van der Waals surface area contributed by atoms with Crippen LogP contribution in [0.4, 0.5) is 0 Å². The van der Waals surface area contributed by atoms with E-state index < -0.39 is 0 Å². The summed E-state index contributed by atoms with van der Waals surface area (Å²) in [5.41, 5.74) is 6.12. The van der Waals surface area contributed by atoms with Gasteiger partial charge in [-0.25, -0.2) is 0 Å². The molecule has 1 unspecified atom stereocenters. The lowest BCUT2D eigenvalue weighted by molar-refractivity contribution is 0.529. The van der Waals surface area contributed by atoms with Crippen molar-refractivity contribution in [2.24, 2.45) is 11.7 Å². The fourth-order valence-electron chi connectivity index (χ4n) is 1.87. The first kappa shape index (κ1) is 13.1. The Morgan fingerprint density at radius 2 is 2.12 bits per heavy atom. The highest BCUT2D eigenvalue weighted by molar-refractivity contribution is 7.12. The Balaban J connectivity index is 2.00. The normalized spacial score (nSPS) is 18.4. The Hall–Kier alpha value is -0.380. The molecule has 0 aromatic carbocycles. The molecular weight excluding hydrogens is 228 g/mol. The van der Waals surface area contributed by atoms with Gasteiger partial charge in [-0.05, 0) is 42.9 Å². The molecular formula is C14H24N2S. The zero-order chi connectivity index (χ0) is 12.5. The molecule has 0 aliphatic heterocycles. The Labute approximate surface area is 109 Å². The summed E-state index contributed by atoms with van der Waals surface area (Å²) in [5, 5.41) is 3.60. The predicted octanol–water partition coefficient (Wildman–Crippen LogP) is 3.05. The number of rotatable bonds is 5. The average molecular weight is 252 g/mol. The van der Waals surface area contributed by atoms with Crippen LogP contribution in [-0.2, 0) is 5.41 Å². The highest BCUT2D eigenvalue weighted by Gasteiger charge is 2.23. The molecule has 1 aromatic rings. The van der Waals surface area contributed by atoms with Gasteiger partial charge in [-0.1, -0.05) is 20.8 Å². The summed E-state index contributed by atoms with van der Waals surface area (Å²) < 4.78 is 0. The van der Waals surface area contributed by atoms with Crippen molar-refractivity contribution >= 4 is 11.3 Å². The molecule has 1 saturated carbocycles. The van der Waals surface area contributed by atoms with E-state index in [0.717, 1.165) is 12.5 Å². The van der Waals surface area contributed by atoms with E-state index >= 15 is 0 Å². The van der Waals surface area contributed by atoms with Gasteiger partial charge in [0.15, 0.2) is 0 Å². The van der Waals surface area contributed by atoms with Crippen LogP contribution < -0.4 is 11.1 Å². The number of thiophene rings is 1. The van der Waals surface area contributed by atoms with Crippen LogP contribution in [0.15, 0.2) is 12.1 Å². The van der Waals surface area contributed by atoms with E-state index in [0.29, 0.717) is 12.6 Å². The maximum absolute atomic E-state index is 5.87. The molecule has 1 atom stereocenters. The summed E-state index contributed by atoms with van der Waals surface area (Å²) in [6.07, 6.45) is 2.78. The summed E-state index contributed by atoms with van der Waals surface area (Å²) in [7, 11) is 0. The van der Waals surface area contributed by atoms with Gasteiger partial charge in [0.25, 0.3) is 0 Å². The van der Waals surface area contributed by atoms with Crippen LogP contribution in [0.2, 0.25) is 0 Å². The molecule has 2 rings (SSSR count). The molecule has 0 spiro atoms. The molecule has 1 aliphatic carbocycles. The smallest absolute Gasteiger partial charge is 0.0539 e. The standard InChI is InChI=1S/C14H24N2S/c1-14(2,3)13-7-6-12(17-13)11(8-15)16-9-10-4-5-10/h6-7,10-11,16H,4-5,8-9,15H2,1-3H3. The molecule has 17 heavy (non-hydrogen) atoms. The van der Waals surface area contributed by atoms with Gasteiger partial charge < -0.3 is 11.1 Å². The summed E-state index contributed by atoms with van der Waals surface area (Å²) in [6.45, 7) is 8.61. The van der Waals surface area contributed by atoms with Crippen molar-refractivity contribution in [3.63, 3.8) is 0 Å². The van der Waals surface area contributed by atoms with E-state index in [1.807, 2.05) is 11.3 Å².